The molecule has 1 aliphatic carbocycles. The molecule has 15 heavy (non-hydrogen) atoms. The summed E-state index contributed by atoms with van der Waals surface area (Å²) in [5, 5.41) is 0. The summed E-state index contributed by atoms with van der Waals surface area (Å²) in [6.07, 6.45) is 4.65. The molecule has 0 saturated heterocycles. The lowest BCUT2D eigenvalue weighted by Crippen LogP contribution is -2.04. The molecule has 0 spiro atoms. The molecule has 0 fully saturated rings. The molecule has 0 unspecified atom stereocenters. The fourth-order valence-electron chi connectivity index (χ4n) is 1.85. The molecule has 0 aliphatic heterocycles. The van der Waals surface area contributed by atoms with Gasteiger partial charge in [-0.1, -0.05) is 12.1 Å². The number of benzene rings is 1. The van der Waals surface area contributed by atoms with Gasteiger partial charge >= 0.3 is 0 Å². The van der Waals surface area contributed by atoms with Crippen molar-refractivity contribution in [3.05, 3.63) is 46.8 Å². The van der Waals surface area contributed by atoms with Crippen molar-refractivity contribution in [2.75, 3.05) is 0 Å². The third kappa shape index (κ3) is 1.99. The summed E-state index contributed by atoms with van der Waals surface area (Å²) in [5.41, 5.74) is 1.80. The summed E-state index contributed by atoms with van der Waals surface area (Å²) in [7, 11) is 0. The molecule has 0 bridgehead atoms. The minimum Gasteiger partial charge on any atom is -0.289 e. The molecule has 0 radical (unpaired) electrons. The lowest BCUT2D eigenvalue weighted by molar-refractivity contribution is 0.102. The van der Waals surface area contributed by atoms with Gasteiger partial charge in [-0.25, -0.2) is 4.39 Å². The summed E-state index contributed by atoms with van der Waals surface area (Å²) >= 11 is 0. The fourth-order valence-corrected chi connectivity index (χ4v) is 1.85. The van der Waals surface area contributed by atoms with E-state index in [0.29, 0.717) is 0 Å². The van der Waals surface area contributed by atoms with Gasteiger partial charge in [-0.15, -0.1) is 0 Å². The number of halogens is 1. The van der Waals surface area contributed by atoms with Gasteiger partial charge in [-0.2, -0.15) is 0 Å². The SMILES string of the molecule is Cc1ccc(C(=O)C2=CCCC2)c(F)c1. The van der Waals surface area contributed by atoms with Gasteiger partial charge in [0.15, 0.2) is 5.78 Å². The summed E-state index contributed by atoms with van der Waals surface area (Å²) in [4.78, 5) is 11.9. The second kappa shape index (κ2) is 3.97. The monoisotopic (exact) mass is 204 g/mol. The maximum Gasteiger partial charge on any atom is 0.191 e. The molecule has 0 N–H and O–H groups in total. The van der Waals surface area contributed by atoms with Crippen LogP contribution in [0.25, 0.3) is 0 Å². The quantitative estimate of drug-likeness (QED) is 0.674. The zero-order valence-electron chi connectivity index (χ0n) is 8.72. The van der Waals surface area contributed by atoms with E-state index in [1.165, 1.54) is 6.07 Å². The Morgan fingerprint density at radius 3 is 2.80 bits per heavy atom. The third-order valence-corrected chi connectivity index (χ3v) is 2.70. The number of allylic oxidation sites excluding steroid dienone is 2. The number of Topliss-reactive ketones (excluding diaryl/α,β-unsaturated/α-hetero) is 1. The normalized spacial score (nSPS) is 15.2. The Morgan fingerprint density at radius 1 is 1.40 bits per heavy atom. The van der Waals surface area contributed by atoms with Crippen molar-refractivity contribution in [1.29, 1.82) is 0 Å². The summed E-state index contributed by atoms with van der Waals surface area (Å²) in [6.45, 7) is 1.81. The number of hydrogen-bond donors (Lipinski definition) is 0. The van der Waals surface area contributed by atoms with Crippen LogP contribution in [0.15, 0.2) is 29.8 Å². The van der Waals surface area contributed by atoms with E-state index in [0.717, 1.165) is 30.4 Å². The molecule has 1 aliphatic rings. The second-order valence-electron chi connectivity index (χ2n) is 3.93. The lowest BCUT2D eigenvalue weighted by atomic mass is 10.0. The van der Waals surface area contributed by atoms with Crippen molar-refractivity contribution in [1.82, 2.24) is 0 Å². The molecule has 0 heterocycles. The minimum absolute atomic E-state index is 0.148. The predicted octanol–water partition coefficient (Wildman–Crippen LogP) is 3.43. The van der Waals surface area contributed by atoms with E-state index in [9.17, 15) is 9.18 Å². The van der Waals surface area contributed by atoms with Crippen molar-refractivity contribution in [2.45, 2.75) is 26.2 Å². The van der Waals surface area contributed by atoms with Crippen LogP contribution in [0.4, 0.5) is 4.39 Å². The first kappa shape index (κ1) is 10.1. The topological polar surface area (TPSA) is 17.1 Å². The average Bonchev–Trinajstić information content (AvgIpc) is 2.69. The molecule has 0 amide bonds. The Balaban J connectivity index is 2.33. The van der Waals surface area contributed by atoms with Gasteiger partial charge in [0.05, 0.1) is 5.56 Å². The maximum atomic E-state index is 13.5. The van der Waals surface area contributed by atoms with Gasteiger partial charge in [0, 0.05) is 0 Å². The van der Waals surface area contributed by atoms with Crippen LogP contribution >= 0.6 is 0 Å². The first-order chi connectivity index (χ1) is 7.18. The molecule has 0 atom stereocenters. The largest absolute Gasteiger partial charge is 0.289 e. The summed E-state index contributed by atoms with van der Waals surface area (Å²) in [6, 6.07) is 4.75. The number of carbonyl (C=O) groups excluding carboxylic acids is 1. The van der Waals surface area contributed by atoms with E-state index in [1.54, 1.807) is 12.1 Å². The van der Waals surface area contributed by atoms with Crippen molar-refractivity contribution < 1.29 is 9.18 Å². The summed E-state index contributed by atoms with van der Waals surface area (Å²) < 4.78 is 13.5. The molecular weight excluding hydrogens is 191 g/mol. The number of hydrogen-bond acceptors (Lipinski definition) is 1. The highest BCUT2D eigenvalue weighted by Crippen LogP contribution is 2.23. The van der Waals surface area contributed by atoms with Crippen molar-refractivity contribution in [3.63, 3.8) is 0 Å². The molecule has 2 heteroatoms. The van der Waals surface area contributed by atoms with Gasteiger partial charge < -0.3 is 0 Å². The van der Waals surface area contributed by atoms with E-state index in [2.05, 4.69) is 0 Å². The first-order valence-electron chi connectivity index (χ1n) is 5.18. The smallest absolute Gasteiger partial charge is 0.191 e. The molecular formula is C13H13FO. The van der Waals surface area contributed by atoms with Crippen LogP contribution in [0.1, 0.15) is 35.2 Å². The summed E-state index contributed by atoms with van der Waals surface area (Å²) in [5.74, 6) is -0.558. The third-order valence-electron chi connectivity index (χ3n) is 2.70. The van der Waals surface area contributed by atoms with Crippen LogP contribution in [-0.4, -0.2) is 5.78 Å². The molecule has 78 valence electrons. The predicted molar refractivity (Wildman–Crippen MR) is 57.4 cm³/mol. The number of carbonyl (C=O) groups is 1. The van der Waals surface area contributed by atoms with E-state index < -0.39 is 5.82 Å². The van der Waals surface area contributed by atoms with Crippen LogP contribution in [0, 0.1) is 12.7 Å². The molecule has 0 saturated carbocycles. The number of rotatable bonds is 2. The Morgan fingerprint density at radius 2 is 2.20 bits per heavy atom. The van der Waals surface area contributed by atoms with E-state index >= 15 is 0 Å². The molecule has 2 rings (SSSR count). The van der Waals surface area contributed by atoms with Crippen molar-refractivity contribution in [3.8, 4) is 0 Å². The number of aryl methyl sites for hydroxylation is 1. The standard InChI is InChI=1S/C13H13FO/c1-9-6-7-11(12(14)8-9)13(15)10-4-2-3-5-10/h4,6-8H,2-3,5H2,1H3. The van der Waals surface area contributed by atoms with E-state index in [4.69, 9.17) is 0 Å². The van der Waals surface area contributed by atoms with Gasteiger partial charge in [-0.3, -0.25) is 4.79 Å². The van der Waals surface area contributed by atoms with Gasteiger partial charge in [0.2, 0.25) is 0 Å². The Bertz CT molecular complexity index is 432. The highest BCUT2D eigenvalue weighted by molar-refractivity contribution is 6.09. The average molecular weight is 204 g/mol. The molecule has 1 aromatic rings. The maximum absolute atomic E-state index is 13.5. The number of ketones is 1. The van der Waals surface area contributed by atoms with Crippen LogP contribution in [-0.2, 0) is 0 Å². The minimum atomic E-state index is -0.409. The van der Waals surface area contributed by atoms with Crippen LogP contribution in [0.2, 0.25) is 0 Å². The van der Waals surface area contributed by atoms with Crippen LogP contribution in [0.3, 0.4) is 0 Å². The molecule has 1 aromatic carbocycles. The van der Waals surface area contributed by atoms with Crippen LogP contribution < -0.4 is 0 Å². The Labute approximate surface area is 88.6 Å². The van der Waals surface area contributed by atoms with E-state index in [-0.39, 0.29) is 11.3 Å². The second-order valence-corrected chi connectivity index (χ2v) is 3.93. The Kier molecular flexibility index (Phi) is 2.67. The molecule has 1 nitrogen and oxygen atoms in total. The van der Waals surface area contributed by atoms with Gasteiger partial charge in [0.1, 0.15) is 5.82 Å². The fraction of sp³-hybridized carbons (Fsp3) is 0.308. The van der Waals surface area contributed by atoms with E-state index in [1.807, 2.05) is 13.0 Å². The van der Waals surface area contributed by atoms with Crippen molar-refractivity contribution >= 4 is 5.78 Å². The Hall–Kier alpha value is -1.44. The van der Waals surface area contributed by atoms with Gasteiger partial charge in [-0.05, 0) is 49.5 Å². The van der Waals surface area contributed by atoms with Gasteiger partial charge in [0.25, 0.3) is 0 Å². The van der Waals surface area contributed by atoms with Crippen LogP contribution in [0.5, 0.6) is 0 Å². The van der Waals surface area contributed by atoms with Crippen molar-refractivity contribution in [2.24, 2.45) is 0 Å². The zero-order chi connectivity index (χ0) is 10.8. The molecule has 0 aromatic heterocycles. The highest BCUT2D eigenvalue weighted by atomic mass is 19.1. The highest BCUT2D eigenvalue weighted by Gasteiger charge is 2.18. The zero-order valence-corrected chi connectivity index (χ0v) is 8.72. The lowest BCUT2D eigenvalue weighted by Gasteiger charge is -2.03. The first-order valence-corrected chi connectivity index (χ1v) is 5.18.